The molecular formula is C24H19F4N7O2S. The van der Waals surface area contributed by atoms with Crippen LogP contribution in [0.2, 0.25) is 0 Å². The van der Waals surface area contributed by atoms with Gasteiger partial charge in [0.15, 0.2) is 0 Å². The smallest absolute Gasteiger partial charge is 0.344 e. The predicted octanol–water partition coefficient (Wildman–Crippen LogP) is 3.82. The lowest BCUT2D eigenvalue weighted by Gasteiger charge is -2.26. The average molecular weight is 546 g/mol. The molecule has 0 unspecified atom stereocenters. The highest BCUT2D eigenvalue weighted by Crippen LogP contribution is 2.34. The van der Waals surface area contributed by atoms with Crippen molar-refractivity contribution in [2.45, 2.75) is 25.2 Å². The van der Waals surface area contributed by atoms with E-state index in [0.717, 1.165) is 34.4 Å². The summed E-state index contributed by atoms with van der Waals surface area (Å²) in [6.45, 7) is 1.34. The molecule has 5 rings (SSSR count). The Balaban J connectivity index is 1.41. The molecule has 1 aliphatic rings. The number of aromatic nitrogens is 6. The fourth-order valence-corrected chi connectivity index (χ4v) is 4.67. The van der Waals surface area contributed by atoms with Gasteiger partial charge in [0.05, 0.1) is 41.4 Å². The summed E-state index contributed by atoms with van der Waals surface area (Å²) in [4.78, 5) is 29.6. The monoisotopic (exact) mass is 545 g/mol. The van der Waals surface area contributed by atoms with Gasteiger partial charge in [-0.15, -0.1) is 5.10 Å². The van der Waals surface area contributed by atoms with E-state index in [0.29, 0.717) is 17.3 Å². The normalized spacial score (nSPS) is 14.7. The van der Waals surface area contributed by atoms with Crippen molar-refractivity contribution in [1.82, 2.24) is 35.1 Å². The van der Waals surface area contributed by atoms with Gasteiger partial charge in [-0.1, -0.05) is 17.3 Å². The molecule has 14 heteroatoms. The van der Waals surface area contributed by atoms with Gasteiger partial charge in [0.1, 0.15) is 11.5 Å². The van der Waals surface area contributed by atoms with Crippen molar-refractivity contribution in [1.29, 1.82) is 0 Å². The molecule has 1 aromatic carbocycles. The van der Waals surface area contributed by atoms with Crippen LogP contribution in [0.3, 0.4) is 0 Å². The molecule has 1 N–H and O–H groups in total. The third kappa shape index (κ3) is 4.90. The number of amides is 1. The number of carbonyl (C=O) groups excluding carboxylic acids is 1. The molecule has 0 saturated carbocycles. The molecular weight excluding hydrogens is 526 g/mol. The average Bonchev–Trinajstić information content (AvgIpc) is 3.31. The highest BCUT2D eigenvalue weighted by Gasteiger charge is 2.35. The van der Waals surface area contributed by atoms with Gasteiger partial charge in [-0.2, -0.15) is 34.7 Å². The molecule has 0 bridgehead atoms. The second-order valence-electron chi connectivity index (χ2n) is 8.56. The number of halogens is 4. The van der Waals surface area contributed by atoms with Crippen LogP contribution in [-0.4, -0.2) is 47.2 Å². The van der Waals surface area contributed by atoms with Gasteiger partial charge in [0, 0.05) is 34.9 Å². The molecule has 1 fully saturated rings. The molecule has 3 aromatic heterocycles. The van der Waals surface area contributed by atoms with Crippen molar-refractivity contribution in [3.63, 3.8) is 0 Å². The van der Waals surface area contributed by atoms with Crippen molar-refractivity contribution < 1.29 is 22.4 Å². The molecule has 196 valence electrons. The molecule has 1 aliphatic heterocycles. The largest absolute Gasteiger partial charge is 0.419 e. The summed E-state index contributed by atoms with van der Waals surface area (Å²) >= 11 is 1.79. The zero-order chi connectivity index (χ0) is 27.0. The summed E-state index contributed by atoms with van der Waals surface area (Å²) in [5, 5.41) is 14.7. The lowest BCUT2D eigenvalue weighted by Crippen LogP contribution is -2.31. The van der Waals surface area contributed by atoms with Gasteiger partial charge in [-0.05, 0) is 25.1 Å². The molecule has 0 aliphatic carbocycles. The first-order valence-corrected chi connectivity index (χ1v) is 12.5. The Morgan fingerprint density at radius 1 is 1.16 bits per heavy atom. The maximum Gasteiger partial charge on any atom is 0.419 e. The van der Waals surface area contributed by atoms with Crippen molar-refractivity contribution in [3.8, 4) is 16.9 Å². The van der Waals surface area contributed by atoms with E-state index in [1.54, 1.807) is 34.9 Å². The van der Waals surface area contributed by atoms with Crippen LogP contribution in [0.5, 0.6) is 0 Å². The molecule has 4 heterocycles. The molecule has 1 saturated heterocycles. The summed E-state index contributed by atoms with van der Waals surface area (Å²) in [6, 6.07) is 5.89. The summed E-state index contributed by atoms with van der Waals surface area (Å²) in [6.07, 6.45) is -0.294. The summed E-state index contributed by atoms with van der Waals surface area (Å²) in [5.74, 6) is -0.464. The van der Waals surface area contributed by atoms with Gasteiger partial charge in [0.25, 0.3) is 11.5 Å². The second kappa shape index (κ2) is 10.0. The first kappa shape index (κ1) is 25.6. The van der Waals surface area contributed by atoms with E-state index in [2.05, 4.69) is 25.7 Å². The molecule has 0 radical (unpaired) electrons. The van der Waals surface area contributed by atoms with Crippen molar-refractivity contribution in [2.75, 3.05) is 11.5 Å². The third-order valence-corrected chi connectivity index (χ3v) is 7.23. The zero-order valence-electron chi connectivity index (χ0n) is 19.7. The van der Waals surface area contributed by atoms with Crippen LogP contribution in [0.25, 0.3) is 16.9 Å². The SMILES string of the molecule is C[C@@H](NC(=O)c1ccc(=O)n(-c2cncc(-c3cnnn3C3CSC3)c2)n1)c1cccc(C(F)(F)F)c1F. The number of hydrogen-bond acceptors (Lipinski definition) is 7. The van der Waals surface area contributed by atoms with Gasteiger partial charge >= 0.3 is 6.18 Å². The molecule has 4 aromatic rings. The molecule has 1 amide bonds. The highest BCUT2D eigenvalue weighted by molar-refractivity contribution is 8.00. The summed E-state index contributed by atoms with van der Waals surface area (Å²) in [5.41, 5.74) is -0.886. The van der Waals surface area contributed by atoms with Crippen LogP contribution in [0, 0.1) is 5.82 Å². The first-order valence-electron chi connectivity index (χ1n) is 11.3. The minimum Gasteiger partial charge on any atom is -0.344 e. The van der Waals surface area contributed by atoms with Gasteiger partial charge < -0.3 is 5.32 Å². The minimum atomic E-state index is -4.88. The number of nitrogens with zero attached hydrogens (tertiary/aromatic N) is 6. The third-order valence-electron chi connectivity index (χ3n) is 5.99. The number of rotatable bonds is 6. The zero-order valence-corrected chi connectivity index (χ0v) is 20.5. The Morgan fingerprint density at radius 2 is 1.95 bits per heavy atom. The van der Waals surface area contributed by atoms with Gasteiger partial charge in [0.2, 0.25) is 0 Å². The van der Waals surface area contributed by atoms with E-state index < -0.39 is 35.1 Å². The van der Waals surface area contributed by atoms with Crippen LogP contribution in [0.1, 0.15) is 40.6 Å². The number of pyridine rings is 1. The number of hydrogen-bond donors (Lipinski definition) is 1. The Bertz CT molecular complexity index is 1570. The number of alkyl halides is 3. The lowest BCUT2D eigenvalue weighted by molar-refractivity contribution is -0.140. The van der Waals surface area contributed by atoms with Crippen LogP contribution in [0.4, 0.5) is 17.6 Å². The van der Waals surface area contributed by atoms with Crippen LogP contribution in [0.15, 0.2) is 59.8 Å². The van der Waals surface area contributed by atoms with E-state index in [9.17, 15) is 27.2 Å². The topological polar surface area (TPSA) is 108 Å². The second-order valence-corrected chi connectivity index (χ2v) is 9.63. The minimum absolute atomic E-state index is 0.201. The maximum atomic E-state index is 14.5. The Morgan fingerprint density at radius 3 is 2.66 bits per heavy atom. The summed E-state index contributed by atoms with van der Waals surface area (Å²) < 4.78 is 56.5. The number of benzene rings is 1. The maximum absolute atomic E-state index is 14.5. The Labute approximate surface area is 216 Å². The fourth-order valence-electron chi connectivity index (χ4n) is 3.94. The predicted molar refractivity (Wildman–Crippen MR) is 130 cm³/mol. The fraction of sp³-hybridized carbons (Fsp3) is 0.250. The molecule has 9 nitrogen and oxygen atoms in total. The standard InChI is InChI=1S/C24H19F4N7O2S/c1-13(17-3-2-4-18(22(17)25)24(26,27)28)31-23(37)19-5-6-21(36)35(32-19)15-7-14(8-29-9-15)20-10-30-33-34(20)16-11-38-12-16/h2-10,13,16H,11-12H2,1H3,(H,31,37)/t13-/m1/s1. The van der Waals surface area contributed by atoms with Crippen molar-refractivity contribution >= 4 is 17.7 Å². The van der Waals surface area contributed by atoms with E-state index in [4.69, 9.17) is 0 Å². The van der Waals surface area contributed by atoms with E-state index in [1.165, 1.54) is 19.2 Å². The molecule has 0 spiro atoms. The van der Waals surface area contributed by atoms with Crippen LogP contribution < -0.4 is 10.9 Å². The molecule has 1 atom stereocenters. The molecule has 38 heavy (non-hydrogen) atoms. The Hall–Kier alpha value is -4.07. The highest BCUT2D eigenvalue weighted by atomic mass is 32.2. The van der Waals surface area contributed by atoms with Gasteiger partial charge in [-0.25, -0.2) is 9.07 Å². The number of carbonyl (C=O) groups is 1. The van der Waals surface area contributed by atoms with E-state index >= 15 is 0 Å². The van der Waals surface area contributed by atoms with E-state index in [-0.39, 0.29) is 23.0 Å². The van der Waals surface area contributed by atoms with E-state index in [1.807, 2.05) is 0 Å². The van der Waals surface area contributed by atoms with Crippen molar-refractivity contribution in [3.05, 3.63) is 88.0 Å². The van der Waals surface area contributed by atoms with Crippen LogP contribution >= 0.6 is 11.8 Å². The summed E-state index contributed by atoms with van der Waals surface area (Å²) in [7, 11) is 0. The number of nitrogens with one attached hydrogen (secondary N) is 1. The van der Waals surface area contributed by atoms with Crippen LogP contribution in [-0.2, 0) is 6.18 Å². The Kier molecular flexibility index (Phi) is 6.73. The first-order chi connectivity index (χ1) is 18.1. The quantitative estimate of drug-likeness (QED) is 0.367. The van der Waals surface area contributed by atoms with Gasteiger partial charge in [-0.3, -0.25) is 14.6 Å². The van der Waals surface area contributed by atoms with Crippen molar-refractivity contribution in [2.24, 2.45) is 0 Å². The lowest BCUT2D eigenvalue weighted by atomic mass is 10.0. The number of thioether (sulfide) groups is 1.